The van der Waals surface area contributed by atoms with E-state index in [0.29, 0.717) is 0 Å². The first-order valence-corrected chi connectivity index (χ1v) is 7.23. The van der Waals surface area contributed by atoms with Crippen LogP contribution < -0.4 is 10.2 Å². The monoisotopic (exact) mass is 281 g/mol. The second-order valence-electron chi connectivity index (χ2n) is 4.81. The van der Waals surface area contributed by atoms with Gasteiger partial charge in [-0.25, -0.2) is 4.98 Å². The summed E-state index contributed by atoms with van der Waals surface area (Å²) in [6.45, 7) is 8.52. The van der Waals surface area contributed by atoms with E-state index in [2.05, 4.69) is 35.1 Å². The van der Waals surface area contributed by atoms with Crippen molar-refractivity contribution in [2.45, 2.75) is 26.8 Å². The Morgan fingerprint density at radius 3 is 2.85 bits per heavy atom. The number of aromatic nitrogens is 1. The van der Waals surface area contributed by atoms with Gasteiger partial charge in [-0.3, -0.25) is 0 Å². The zero-order valence-corrected chi connectivity index (χ0v) is 12.9. The van der Waals surface area contributed by atoms with Gasteiger partial charge < -0.3 is 20.1 Å². The van der Waals surface area contributed by atoms with E-state index in [1.807, 2.05) is 6.20 Å². The minimum atomic E-state index is 0.219. The lowest BCUT2D eigenvalue weighted by Gasteiger charge is -2.23. The van der Waals surface area contributed by atoms with Crippen molar-refractivity contribution in [2.75, 3.05) is 44.9 Å². The van der Waals surface area contributed by atoms with Crippen LogP contribution in [0.3, 0.4) is 0 Å². The second-order valence-corrected chi connectivity index (χ2v) is 4.81. The smallest absolute Gasteiger partial charge is 0.131 e. The van der Waals surface area contributed by atoms with Gasteiger partial charge >= 0.3 is 0 Å². The number of nitrogens with zero attached hydrogens (tertiary/aromatic N) is 2. The number of rotatable bonds is 10. The van der Waals surface area contributed by atoms with Crippen molar-refractivity contribution in [3.05, 3.63) is 23.4 Å². The molecular formula is C15H27N3O2. The average Bonchev–Trinajstić information content (AvgIpc) is 2.46. The van der Waals surface area contributed by atoms with Gasteiger partial charge in [-0.1, -0.05) is 0 Å². The molecule has 0 bridgehead atoms. The molecule has 114 valence electrons. The predicted molar refractivity (Wildman–Crippen MR) is 82.1 cm³/mol. The van der Waals surface area contributed by atoms with Crippen LogP contribution in [0.5, 0.6) is 0 Å². The maximum Gasteiger partial charge on any atom is 0.131 e. The van der Waals surface area contributed by atoms with Crippen molar-refractivity contribution >= 4 is 5.82 Å². The molecule has 0 spiro atoms. The number of ether oxygens (including phenoxy) is 1. The summed E-state index contributed by atoms with van der Waals surface area (Å²) in [6, 6.07) is 2.17. The Hall–Kier alpha value is -1.17. The van der Waals surface area contributed by atoms with E-state index in [1.54, 1.807) is 7.11 Å². The molecule has 5 nitrogen and oxygen atoms in total. The summed E-state index contributed by atoms with van der Waals surface area (Å²) in [7, 11) is 1.70. The third kappa shape index (κ3) is 5.45. The van der Waals surface area contributed by atoms with Gasteiger partial charge in [0.05, 0.1) is 6.61 Å². The Balaban J connectivity index is 2.61. The third-order valence-corrected chi connectivity index (χ3v) is 3.19. The zero-order chi connectivity index (χ0) is 14.8. The normalized spacial score (nSPS) is 10.8. The van der Waals surface area contributed by atoms with Gasteiger partial charge in [0.2, 0.25) is 0 Å². The summed E-state index contributed by atoms with van der Waals surface area (Å²) in [4.78, 5) is 6.78. The lowest BCUT2D eigenvalue weighted by atomic mass is 10.2. The molecule has 0 amide bonds. The summed E-state index contributed by atoms with van der Waals surface area (Å²) < 4.78 is 5.00. The summed E-state index contributed by atoms with van der Waals surface area (Å²) in [5.74, 6) is 1.02. The number of anilines is 1. The molecule has 0 atom stereocenters. The van der Waals surface area contributed by atoms with Crippen molar-refractivity contribution in [1.29, 1.82) is 0 Å². The van der Waals surface area contributed by atoms with Crippen LogP contribution in [0.25, 0.3) is 0 Å². The molecule has 1 rings (SSSR count). The Morgan fingerprint density at radius 2 is 2.25 bits per heavy atom. The molecule has 1 aromatic heterocycles. The van der Waals surface area contributed by atoms with Crippen LogP contribution >= 0.6 is 0 Å². The molecule has 0 radical (unpaired) electrons. The minimum absolute atomic E-state index is 0.219. The van der Waals surface area contributed by atoms with Crippen molar-refractivity contribution < 1.29 is 9.84 Å². The van der Waals surface area contributed by atoms with Gasteiger partial charge in [0.1, 0.15) is 5.82 Å². The maximum atomic E-state index is 8.95. The number of aliphatic hydroxyl groups excluding tert-OH is 1. The van der Waals surface area contributed by atoms with Crippen molar-refractivity contribution in [3.8, 4) is 0 Å². The first kappa shape index (κ1) is 16.9. The van der Waals surface area contributed by atoms with E-state index in [9.17, 15) is 0 Å². The van der Waals surface area contributed by atoms with E-state index in [0.717, 1.165) is 45.0 Å². The Kier molecular flexibility index (Phi) is 8.18. The van der Waals surface area contributed by atoms with Crippen LogP contribution in [-0.4, -0.2) is 50.0 Å². The number of hydrogen-bond acceptors (Lipinski definition) is 5. The molecule has 0 fully saturated rings. The van der Waals surface area contributed by atoms with Crippen molar-refractivity contribution in [1.82, 2.24) is 10.3 Å². The highest BCUT2D eigenvalue weighted by atomic mass is 16.5. The van der Waals surface area contributed by atoms with Crippen LogP contribution in [0, 0.1) is 6.92 Å². The van der Waals surface area contributed by atoms with Crippen molar-refractivity contribution in [2.24, 2.45) is 0 Å². The van der Waals surface area contributed by atoms with Gasteiger partial charge in [0.15, 0.2) is 0 Å². The number of pyridine rings is 1. The molecule has 0 aliphatic carbocycles. The highest BCUT2D eigenvalue weighted by Crippen LogP contribution is 2.18. The number of aryl methyl sites for hydroxylation is 1. The van der Waals surface area contributed by atoms with Crippen LogP contribution in [0.2, 0.25) is 0 Å². The first-order chi connectivity index (χ1) is 9.72. The Morgan fingerprint density at radius 1 is 1.45 bits per heavy atom. The second kappa shape index (κ2) is 9.69. The van der Waals surface area contributed by atoms with E-state index in [1.165, 1.54) is 11.1 Å². The quantitative estimate of drug-likeness (QED) is 0.634. The number of hydrogen-bond donors (Lipinski definition) is 2. The van der Waals surface area contributed by atoms with Gasteiger partial charge in [-0.2, -0.15) is 0 Å². The fourth-order valence-electron chi connectivity index (χ4n) is 2.14. The number of methoxy groups -OCH3 is 1. The molecule has 0 unspecified atom stereocenters. The maximum absolute atomic E-state index is 8.95. The topological polar surface area (TPSA) is 57.6 Å². The Bertz CT molecular complexity index is 385. The van der Waals surface area contributed by atoms with Gasteiger partial charge in [-0.15, -0.1) is 0 Å². The summed E-state index contributed by atoms with van der Waals surface area (Å²) >= 11 is 0. The molecule has 0 aromatic carbocycles. The third-order valence-electron chi connectivity index (χ3n) is 3.19. The van der Waals surface area contributed by atoms with Gasteiger partial charge in [-0.05, 0) is 37.5 Å². The zero-order valence-electron chi connectivity index (χ0n) is 12.9. The Labute approximate surface area is 122 Å². The standard InChI is InChI=1S/C15H27N3O2/c1-4-18(7-5-8-19)15-13(2)10-14(12-17-15)11-16-6-9-20-3/h10,12,16,19H,4-9,11H2,1-3H3. The summed E-state index contributed by atoms with van der Waals surface area (Å²) in [5.41, 5.74) is 2.36. The lowest BCUT2D eigenvalue weighted by molar-refractivity contribution is 0.199. The highest BCUT2D eigenvalue weighted by Gasteiger charge is 2.09. The van der Waals surface area contributed by atoms with E-state index < -0.39 is 0 Å². The van der Waals surface area contributed by atoms with Crippen LogP contribution in [-0.2, 0) is 11.3 Å². The van der Waals surface area contributed by atoms with Gasteiger partial charge in [0.25, 0.3) is 0 Å². The molecule has 0 saturated carbocycles. The fourth-order valence-corrected chi connectivity index (χ4v) is 2.14. The molecule has 0 saturated heterocycles. The molecule has 20 heavy (non-hydrogen) atoms. The molecule has 0 aliphatic rings. The number of nitrogens with one attached hydrogen (secondary N) is 1. The van der Waals surface area contributed by atoms with E-state index in [4.69, 9.17) is 9.84 Å². The van der Waals surface area contributed by atoms with E-state index >= 15 is 0 Å². The minimum Gasteiger partial charge on any atom is -0.396 e. The average molecular weight is 281 g/mol. The number of aliphatic hydroxyl groups is 1. The molecular weight excluding hydrogens is 254 g/mol. The molecule has 2 N–H and O–H groups in total. The van der Waals surface area contributed by atoms with Gasteiger partial charge in [0, 0.05) is 46.1 Å². The molecule has 1 heterocycles. The molecule has 1 aromatic rings. The predicted octanol–water partition coefficient (Wildman–Crippen LogP) is 1.33. The molecule has 5 heteroatoms. The fraction of sp³-hybridized carbons (Fsp3) is 0.667. The summed E-state index contributed by atoms with van der Waals surface area (Å²) in [5, 5.41) is 12.3. The lowest BCUT2D eigenvalue weighted by Crippen LogP contribution is -2.26. The van der Waals surface area contributed by atoms with Crippen LogP contribution in [0.1, 0.15) is 24.5 Å². The molecule has 0 aliphatic heterocycles. The summed E-state index contributed by atoms with van der Waals surface area (Å²) in [6.07, 6.45) is 2.69. The largest absolute Gasteiger partial charge is 0.396 e. The SMILES string of the molecule is CCN(CCCO)c1ncc(CNCCOC)cc1C. The first-order valence-electron chi connectivity index (χ1n) is 7.23. The van der Waals surface area contributed by atoms with Crippen molar-refractivity contribution in [3.63, 3.8) is 0 Å². The van der Waals surface area contributed by atoms with Crippen LogP contribution in [0.4, 0.5) is 5.82 Å². The van der Waals surface area contributed by atoms with E-state index in [-0.39, 0.29) is 6.61 Å². The van der Waals surface area contributed by atoms with Crippen LogP contribution in [0.15, 0.2) is 12.3 Å². The highest BCUT2D eigenvalue weighted by molar-refractivity contribution is 5.47.